The zero-order valence-corrected chi connectivity index (χ0v) is 79.4. The lowest BCUT2D eigenvalue weighted by molar-refractivity contribution is -0.909. The highest BCUT2D eigenvalue weighted by atomic mass is 19.1. The van der Waals surface area contributed by atoms with Crippen molar-refractivity contribution in [3.05, 3.63) is 280 Å². The first kappa shape index (κ1) is 96.8. The van der Waals surface area contributed by atoms with Crippen LogP contribution in [0, 0.1) is 23.3 Å². The maximum Gasteiger partial charge on any atom is 1.00 e. The molecule has 16 aromatic rings. The number of carbonyl (C=O) groups excluding carboxylic acids is 4. The van der Waals surface area contributed by atoms with Gasteiger partial charge in [-0.3, -0.25) is 19.2 Å². The van der Waals surface area contributed by atoms with Crippen LogP contribution in [0.2, 0.25) is 0 Å². The van der Waals surface area contributed by atoms with Gasteiger partial charge < -0.3 is 120 Å². The Balaban J connectivity index is 0.000000165. The highest BCUT2D eigenvalue weighted by Crippen LogP contribution is 2.39. The number of nitrogens with zero attached hydrogens (tertiary/aromatic N) is 15. The van der Waals surface area contributed by atoms with E-state index in [4.69, 9.17) is 18.9 Å². The number of piperazine rings is 4. The lowest BCUT2D eigenvalue weighted by Gasteiger charge is -2.42. The molecule has 13 N–H and O–H groups in total. The number of halogens is 4. The van der Waals surface area contributed by atoms with E-state index in [-0.39, 0.29) is 84.5 Å². The van der Waals surface area contributed by atoms with Gasteiger partial charge in [-0.2, -0.15) is 39.9 Å². The molecule has 40 heteroatoms. The van der Waals surface area contributed by atoms with E-state index in [1.807, 2.05) is 41.3 Å². The Morgan fingerprint density at radius 3 is 0.931 bits per heavy atom. The van der Waals surface area contributed by atoms with Gasteiger partial charge in [0.2, 0.25) is 70.9 Å². The topological polar surface area (TPSA) is 392 Å². The number of anilines is 16. The minimum atomic E-state index is -0.397. The van der Waals surface area contributed by atoms with Crippen LogP contribution in [0.25, 0.3) is 44.1 Å². The van der Waals surface area contributed by atoms with Crippen molar-refractivity contribution in [2.75, 3.05) is 202 Å². The second-order valence-corrected chi connectivity index (χ2v) is 35.2. The predicted octanol–water partition coefficient (Wildman–Crippen LogP) is 16.5. The van der Waals surface area contributed by atoms with Crippen molar-refractivity contribution in [2.45, 2.75) is 6.42 Å². The summed E-state index contributed by atoms with van der Waals surface area (Å²) < 4.78 is 86.2. The van der Waals surface area contributed by atoms with Crippen LogP contribution < -0.4 is 86.0 Å². The third-order valence-electron chi connectivity index (χ3n) is 24.9. The predicted molar refractivity (Wildman–Crippen MR) is 552 cm³/mol. The molecule has 4 fully saturated rings. The van der Waals surface area contributed by atoms with Gasteiger partial charge in [-0.1, -0.05) is 44.0 Å². The molecule has 736 valence electrons. The average Bonchev–Trinajstić information content (AvgIpc) is 1.73. The summed E-state index contributed by atoms with van der Waals surface area (Å²) >= 11 is 0. The third kappa shape index (κ3) is 24.1. The summed E-state index contributed by atoms with van der Waals surface area (Å²) in [6.07, 6.45) is 10.8. The van der Waals surface area contributed by atoms with Gasteiger partial charge in [0.1, 0.15) is 68.9 Å². The number of hydrogen-bond donors (Lipinski definition) is 13. The summed E-state index contributed by atoms with van der Waals surface area (Å²) in [5.74, 6) is 1.50. The maximum absolute atomic E-state index is 15.8. The van der Waals surface area contributed by atoms with Crippen LogP contribution in [0.1, 0.15) is 7.85 Å². The molecular weight excluding hydrogens is 1850 g/mol. The van der Waals surface area contributed by atoms with Crippen LogP contribution in [-0.2, 0) is 19.2 Å². The van der Waals surface area contributed by atoms with Crippen LogP contribution >= 0.6 is 0 Å². The Bertz CT molecular complexity index is 7210. The molecule has 8 aromatic carbocycles. The fourth-order valence-electron chi connectivity index (χ4n) is 16.9. The highest BCUT2D eigenvalue weighted by Gasteiger charge is 2.32. The van der Waals surface area contributed by atoms with Gasteiger partial charge in [0, 0.05) is 147 Å². The normalized spacial score (nSPS) is 14.4. The lowest BCUT2D eigenvalue weighted by Crippen LogP contribution is -3.12. The molecule has 0 saturated carbocycles. The summed E-state index contributed by atoms with van der Waals surface area (Å²) in [6.45, 7) is 23.9. The van der Waals surface area contributed by atoms with Crippen molar-refractivity contribution in [1.29, 1.82) is 0 Å². The first-order valence-electron chi connectivity index (χ1n) is 46.8. The Morgan fingerprint density at radius 1 is 0.368 bits per heavy atom. The molecule has 0 radical (unpaired) electrons. The molecule has 144 heavy (non-hydrogen) atoms. The molecule has 4 amide bonds. The van der Waals surface area contributed by atoms with Crippen LogP contribution in [-0.4, -0.2) is 237 Å². The number of benzene rings is 8. The molecule has 4 saturated heterocycles. The van der Waals surface area contributed by atoms with Crippen molar-refractivity contribution in [3.8, 4) is 46.5 Å². The van der Waals surface area contributed by atoms with Gasteiger partial charge >= 0.3 is 1.43 Å². The van der Waals surface area contributed by atoms with Crippen molar-refractivity contribution < 1.29 is 66.5 Å². The van der Waals surface area contributed by atoms with Crippen LogP contribution in [0.3, 0.4) is 0 Å². The monoisotopic (exact) mass is 1950 g/mol. The SMILES string of the molecule is C=CC(=O)Nc1cccc(Oc2nc(Nc3ccc(N4CCN(C)CC4)c(F)c3)nc3[nH]ccc23)c1.C=CC(=O)Nc1cccc(Oc2nc(Nc3ccc(N4CCN(C)CC4)c(F)c3)nc3[nH]ccc23)c1.C=CC(=O)Nc1cccc(Oc2nc(Nc3ccc(N4CC[N+](C)(CCC(=O)Nc5cccc(Oc6nc(Nc7ccc(N8CC[NH+](C)CC8)c(F)c7)nc7[nH]ccc67)c5)CC4)c(F)c3)nc3[nH]ccc23)c1.[H+]. The van der Waals surface area contributed by atoms with Crippen LogP contribution in [0.4, 0.5) is 110 Å². The first-order chi connectivity index (χ1) is 69.9. The van der Waals surface area contributed by atoms with E-state index in [2.05, 4.69) is 175 Å². The van der Waals surface area contributed by atoms with E-state index in [1.54, 1.807) is 158 Å². The lowest BCUT2D eigenvalue weighted by atomic mass is 10.2. The number of likely N-dealkylation sites (N-methyl/N-ethyl adjacent to an activating group) is 4. The number of amides is 4. The number of H-pyrrole nitrogens is 4. The summed E-state index contributed by atoms with van der Waals surface area (Å²) in [7, 11) is 8.40. The minimum Gasteiger partial charge on any atom is -0.438 e. The average molecular weight is 1950 g/mol. The number of quaternary nitrogens is 2. The van der Waals surface area contributed by atoms with Gasteiger partial charge in [0.15, 0.2) is 0 Å². The van der Waals surface area contributed by atoms with Crippen molar-refractivity contribution in [1.82, 2.24) is 69.6 Å². The molecule has 8 aromatic heterocycles. The summed E-state index contributed by atoms with van der Waals surface area (Å²) in [5, 5.41) is 26.2. The Kier molecular flexibility index (Phi) is 29.5. The quantitative estimate of drug-likeness (QED) is 0.0113. The molecule has 4 aliphatic rings. The fraction of sp³-hybridized carbons (Fsp3) is 0.212. The van der Waals surface area contributed by atoms with Crippen molar-refractivity contribution in [2.24, 2.45) is 0 Å². The molecular formula is C104H107F4N28O8+3. The molecule has 0 spiro atoms. The smallest absolute Gasteiger partial charge is 0.438 e. The summed E-state index contributed by atoms with van der Waals surface area (Å²) in [4.78, 5) is 111. The first-order valence-corrected chi connectivity index (χ1v) is 46.8. The molecule has 0 unspecified atom stereocenters. The highest BCUT2D eigenvalue weighted by molar-refractivity contribution is 6.01. The van der Waals surface area contributed by atoms with Gasteiger partial charge in [-0.15, -0.1) is 0 Å². The zero-order chi connectivity index (χ0) is 99.9. The maximum atomic E-state index is 15.8. The van der Waals surface area contributed by atoms with Gasteiger partial charge in [-0.25, -0.2) is 17.6 Å². The van der Waals surface area contributed by atoms with Crippen molar-refractivity contribution in [3.63, 3.8) is 0 Å². The number of aromatic amines is 4. The molecule has 0 bridgehead atoms. The second kappa shape index (κ2) is 43.9. The second-order valence-electron chi connectivity index (χ2n) is 35.2. The van der Waals surface area contributed by atoms with E-state index < -0.39 is 5.82 Å². The van der Waals surface area contributed by atoms with E-state index in [0.29, 0.717) is 184 Å². The number of rotatable bonds is 30. The standard InChI is InChI=1S/C52H52F2N14O4.2C26H26FN7O2/c1-4-45(69)57-33-7-5-9-37(29-33)71-49-39-15-18-55-47(39)62-52(63-49)60-36-12-14-44(42(54)32-36)67-24-27-68(3,28-25-67)26-17-46(70)58-34-8-6-10-38(30-34)72-50-40-16-19-56-48(40)61-51(64-50)59-35-11-13-43(41(53)31-35)66-22-20-65(2)21-23-66;2*1-3-23(35)29-17-5-4-6-19(15-17)36-25-20-9-10-28-24(20)31-26(32-25)30-18-7-8-22(21(27)16-18)34-13-11-33(2)12-14-34/h4-16,18-19,29-32H,1,17,20-28H2,2-3H3,(H5-,55,56,57,58,59,60,61,62,63,64,69,70);2*3-10,15-16H,1,11-14H2,2H3,(H,29,35)(H2,28,30,31,32)/p+3. The van der Waals surface area contributed by atoms with Crippen molar-refractivity contribution >= 4 is 160 Å². The zero-order valence-electron chi connectivity index (χ0n) is 80.4. The van der Waals surface area contributed by atoms with Gasteiger partial charge in [0.25, 0.3) is 0 Å². The third-order valence-corrected chi connectivity index (χ3v) is 24.9. The number of fused-ring (bicyclic) bond motifs is 4. The number of ether oxygens (including phenoxy) is 4. The number of aromatic nitrogens is 12. The summed E-state index contributed by atoms with van der Waals surface area (Å²) in [5.41, 5.74) is 8.63. The fourth-order valence-corrected chi connectivity index (χ4v) is 16.9. The van der Waals surface area contributed by atoms with E-state index in [0.717, 1.165) is 78.5 Å². The molecule has 0 aliphatic carbocycles. The molecule has 36 nitrogen and oxygen atoms in total. The molecule has 12 heterocycles. The molecule has 0 atom stereocenters. The number of carbonyl (C=O) groups is 4. The van der Waals surface area contributed by atoms with Crippen LogP contribution in [0.5, 0.6) is 46.5 Å². The Morgan fingerprint density at radius 2 is 0.646 bits per heavy atom. The Hall–Kier alpha value is -17.5. The van der Waals surface area contributed by atoms with E-state index in [1.165, 1.54) is 47.4 Å². The van der Waals surface area contributed by atoms with Crippen LogP contribution in [0.15, 0.2) is 257 Å². The number of hydrogen-bond acceptors (Lipinski definition) is 26. The van der Waals surface area contributed by atoms with E-state index in [9.17, 15) is 28.0 Å². The Labute approximate surface area is 826 Å². The largest absolute Gasteiger partial charge is 1.00 e. The van der Waals surface area contributed by atoms with E-state index >= 15 is 8.78 Å². The minimum absolute atomic E-state index is 0. The van der Waals surface area contributed by atoms with Gasteiger partial charge in [0.05, 0.1) is 124 Å². The summed E-state index contributed by atoms with van der Waals surface area (Å²) in [6, 6.07) is 55.1. The number of nitrogens with one attached hydrogen (secondary N) is 13. The van der Waals surface area contributed by atoms with Gasteiger partial charge in [-0.05, 0) is 178 Å². The molecule has 4 aliphatic heterocycles. The molecule has 20 rings (SSSR count).